The molecular formula is C9H11N3O6S. The first kappa shape index (κ1) is 14.8. The lowest BCUT2D eigenvalue weighted by Gasteiger charge is -2.00. The van der Waals surface area contributed by atoms with Crippen molar-refractivity contribution in [1.82, 2.24) is 0 Å². The molecule has 9 nitrogen and oxygen atoms in total. The summed E-state index contributed by atoms with van der Waals surface area (Å²) in [6.07, 6.45) is 0. The van der Waals surface area contributed by atoms with Crippen molar-refractivity contribution in [2.24, 2.45) is 4.52 Å². The lowest BCUT2D eigenvalue weighted by Crippen LogP contribution is -2.07. The fraction of sp³-hybridized carbons (Fsp3) is 0.333. The summed E-state index contributed by atoms with van der Waals surface area (Å²) in [7, 11) is -4.35. The summed E-state index contributed by atoms with van der Waals surface area (Å²) in [5, 5.41) is 21.2. The molecular weight excluding hydrogens is 278 g/mol. The topological polar surface area (TPSA) is 125 Å². The predicted molar refractivity (Wildman–Crippen MR) is 62.7 cm³/mol. The van der Waals surface area contributed by atoms with Gasteiger partial charge in [0.15, 0.2) is 9.54 Å². The van der Waals surface area contributed by atoms with Crippen molar-refractivity contribution in [3.05, 3.63) is 39.1 Å². The van der Waals surface area contributed by atoms with E-state index in [-0.39, 0.29) is 12.3 Å². The highest BCUT2D eigenvalue weighted by Crippen LogP contribution is 2.23. The maximum atomic E-state index is 11.7. The number of hydrogen-bond donors (Lipinski definition) is 0. The Hall–Kier alpha value is -2.23. The van der Waals surface area contributed by atoms with Crippen molar-refractivity contribution in [2.45, 2.75) is 18.7 Å². The Labute approximate surface area is 108 Å². The van der Waals surface area contributed by atoms with E-state index in [0.717, 1.165) is 12.1 Å². The number of nitrogens with zero attached hydrogens (tertiary/aromatic N) is 3. The lowest BCUT2D eigenvalue weighted by molar-refractivity contribution is -0.784. The molecule has 0 amide bonds. The van der Waals surface area contributed by atoms with E-state index in [1.807, 2.05) is 0 Å². The van der Waals surface area contributed by atoms with Crippen LogP contribution in [0.2, 0.25) is 0 Å². The summed E-state index contributed by atoms with van der Waals surface area (Å²) < 4.78 is 26.2. The van der Waals surface area contributed by atoms with Gasteiger partial charge >= 0.3 is 10.0 Å². The fourth-order valence-corrected chi connectivity index (χ4v) is 2.03. The Balaban J connectivity index is 3.27. The van der Waals surface area contributed by atoms with Gasteiger partial charge in [0.1, 0.15) is 4.90 Å². The summed E-state index contributed by atoms with van der Waals surface area (Å²) in [5.41, 5.74) is -0.0714. The van der Waals surface area contributed by atoms with Gasteiger partial charge in [-0.1, -0.05) is 13.0 Å². The molecule has 0 aliphatic heterocycles. The fourth-order valence-electron chi connectivity index (χ4n) is 1.22. The number of nitro groups is 1. The first-order chi connectivity index (χ1) is 8.77. The largest absolute Gasteiger partial charge is 0.380 e. The number of benzene rings is 1. The quantitative estimate of drug-likeness (QED) is 0.459. The van der Waals surface area contributed by atoms with Gasteiger partial charge in [0, 0.05) is 11.6 Å². The van der Waals surface area contributed by atoms with Gasteiger partial charge in [0.25, 0.3) is 5.69 Å². The smallest absolute Gasteiger partial charge is 0.342 e. The number of hydrogen-bond acceptors (Lipinski definition) is 6. The van der Waals surface area contributed by atoms with Gasteiger partial charge in [-0.25, -0.2) is 5.21 Å². The maximum Gasteiger partial charge on any atom is 0.342 e. The number of sulfonamides is 1. The Morgan fingerprint density at radius 3 is 2.53 bits per heavy atom. The van der Waals surface area contributed by atoms with Crippen LogP contribution in [0.1, 0.15) is 12.5 Å². The van der Waals surface area contributed by atoms with Crippen molar-refractivity contribution >= 4 is 15.7 Å². The molecule has 0 saturated carbocycles. The van der Waals surface area contributed by atoms with E-state index in [4.69, 9.17) is 0 Å². The average molecular weight is 289 g/mol. The van der Waals surface area contributed by atoms with E-state index in [1.165, 1.54) is 19.9 Å². The molecule has 0 N–H and O–H groups in total. The molecule has 0 spiro atoms. The van der Waals surface area contributed by atoms with Crippen LogP contribution in [-0.2, 0) is 14.9 Å². The van der Waals surface area contributed by atoms with E-state index < -0.39 is 24.9 Å². The highest BCUT2D eigenvalue weighted by Gasteiger charge is 2.23. The maximum absolute atomic E-state index is 11.7. The van der Waals surface area contributed by atoms with E-state index in [2.05, 4.69) is 9.36 Å². The molecule has 10 heteroatoms. The second-order valence-electron chi connectivity index (χ2n) is 3.42. The van der Waals surface area contributed by atoms with Crippen molar-refractivity contribution in [2.75, 3.05) is 6.61 Å². The van der Waals surface area contributed by atoms with Gasteiger partial charge in [-0.15, -0.1) is 0 Å². The molecule has 0 heterocycles. The van der Waals surface area contributed by atoms with Crippen molar-refractivity contribution in [1.29, 1.82) is 0 Å². The first-order valence-electron chi connectivity index (χ1n) is 5.11. The highest BCUT2D eigenvalue weighted by molar-refractivity contribution is 7.89. The van der Waals surface area contributed by atoms with E-state index in [1.54, 1.807) is 0 Å². The van der Waals surface area contributed by atoms with E-state index in [9.17, 15) is 23.7 Å². The third-order valence-electron chi connectivity index (χ3n) is 2.09. The summed E-state index contributed by atoms with van der Waals surface area (Å²) in [5.74, 6) is 0. The van der Waals surface area contributed by atoms with Crippen LogP contribution in [0.5, 0.6) is 0 Å². The van der Waals surface area contributed by atoms with Crippen molar-refractivity contribution in [3.8, 4) is 0 Å². The zero-order valence-corrected chi connectivity index (χ0v) is 11.0. The van der Waals surface area contributed by atoms with E-state index >= 15 is 0 Å². The Morgan fingerprint density at radius 2 is 2.00 bits per heavy atom. The van der Waals surface area contributed by atoms with Crippen LogP contribution in [0, 0.1) is 22.2 Å². The average Bonchev–Trinajstić information content (AvgIpc) is 2.28. The highest BCUT2D eigenvalue weighted by atomic mass is 32.2. The molecule has 104 valence electrons. The minimum Gasteiger partial charge on any atom is -0.380 e. The summed E-state index contributed by atoms with van der Waals surface area (Å²) >= 11 is 0. The van der Waals surface area contributed by atoms with Crippen LogP contribution in [0.25, 0.3) is 0 Å². The Kier molecular flexibility index (Phi) is 4.38. The summed E-state index contributed by atoms with van der Waals surface area (Å²) in [6.45, 7) is 2.88. The van der Waals surface area contributed by atoms with Gasteiger partial charge in [-0.3, -0.25) is 10.1 Å². The molecule has 0 aliphatic carbocycles. The lowest BCUT2D eigenvalue weighted by atomic mass is 10.2. The number of aryl methyl sites for hydroxylation is 1. The summed E-state index contributed by atoms with van der Waals surface area (Å²) in [6, 6.07) is 3.23. The standard InChI is InChI=1S/C9H11N3O6S/c1-3-18-12(15)10-19(16,17)8-5-4-7(2)9(6-8)11(13)14/h4-6H,3H2,1-2H3/b12-10-. The van der Waals surface area contributed by atoms with Gasteiger partial charge in [0.05, 0.1) is 11.5 Å². The van der Waals surface area contributed by atoms with Crippen LogP contribution in [-0.4, -0.2) is 25.0 Å². The van der Waals surface area contributed by atoms with Crippen LogP contribution in [0.15, 0.2) is 27.6 Å². The molecule has 1 rings (SSSR count). The van der Waals surface area contributed by atoms with Gasteiger partial charge < -0.3 is 4.84 Å². The van der Waals surface area contributed by atoms with Gasteiger partial charge in [-0.2, -0.15) is 8.42 Å². The molecule has 0 atom stereocenters. The van der Waals surface area contributed by atoms with Crippen LogP contribution < -0.4 is 0 Å². The second-order valence-corrected chi connectivity index (χ2v) is 5.00. The monoisotopic (exact) mass is 289 g/mol. The van der Waals surface area contributed by atoms with Crippen molar-refractivity contribution < 1.29 is 23.2 Å². The van der Waals surface area contributed by atoms with Gasteiger partial charge in [0.2, 0.25) is 0 Å². The third-order valence-corrected chi connectivity index (χ3v) is 3.29. The zero-order valence-electron chi connectivity index (χ0n) is 10.1. The molecule has 0 fully saturated rings. The molecule has 0 radical (unpaired) electrons. The molecule has 0 aromatic heterocycles. The normalized spacial score (nSPS) is 12.2. The van der Waals surface area contributed by atoms with E-state index in [0.29, 0.717) is 5.56 Å². The molecule has 0 bridgehead atoms. The molecule has 0 aliphatic rings. The summed E-state index contributed by atoms with van der Waals surface area (Å²) in [4.78, 5) is 13.8. The predicted octanol–water partition coefficient (Wildman–Crippen LogP) is 1.51. The Bertz CT molecular complexity index is 625. The molecule has 1 aromatic rings. The molecule has 0 unspecified atom stereocenters. The van der Waals surface area contributed by atoms with Crippen molar-refractivity contribution in [3.63, 3.8) is 0 Å². The minimum atomic E-state index is -4.35. The zero-order chi connectivity index (χ0) is 14.6. The Morgan fingerprint density at radius 1 is 1.37 bits per heavy atom. The molecule has 19 heavy (non-hydrogen) atoms. The number of rotatable bonds is 5. The van der Waals surface area contributed by atoms with Crippen LogP contribution in [0.4, 0.5) is 5.69 Å². The number of nitro benzene ring substituents is 1. The molecule has 0 saturated heterocycles. The minimum absolute atomic E-state index is 0.0590. The van der Waals surface area contributed by atoms with Gasteiger partial charge in [-0.05, 0) is 13.0 Å². The first-order valence-corrected chi connectivity index (χ1v) is 6.55. The van der Waals surface area contributed by atoms with Crippen LogP contribution >= 0.6 is 0 Å². The van der Waals surface area contributed by atoms with Crippen LogP contribution in [0.3, 0.4) is 0 Å². The molecule has 1 aromatic carbocycles. The SMILES string of the molecule is CCO/[N+]([O-])=N\S(=O)(=O)c1ccc(C)c([N+](=O)[O-])c1. The third kappa shape index (κ3) is 3.61. The second kappa shape index (κ2) is 5.61.